The van der Waals surface area contributed by atoms with E-state index in [1.54, 1.807) is 0 Å². The number of nitrogens with one attached hydrogen (secondary N) is 1. The molecule has 6 heteroatoms. The highest BCUT2D eigenvalue weighted by molar-refractivity contribution is 5.81. The largest absolute Gasteiger partial charge is 0.449 e. The first-order valence-corrected chi connectivity index (χ1v) is 9.12. The minimum Gasteiger partial charge on any atom is -0.449 e. The molecule has 0 radical (unpaired) electrons. The van der Waals surface area contributed by atoms with Crippen LogP contribution < -0.4 is 11.1 Å². The molecule has 2 aromatic rings. The molecule has 1 atom stereocenters. The van der Waals surface area contributed by atoms with Gasteiger partial charge in [0.25, 0.3) is 0 Å². The fourth-order valence-electron chi connectivity index (χ4n) is 3.52. The number of benzene rings is 2. The predicted octanol–water partition coefficient (Wildman–Crippen LogP) is 3.52. The third-order valence-electron chi connectivity index (χ3n) is 4.86. The minimum atomic E-state index is -1.57. The van der Waals surface area contributed by atoms with Crippen molar-refractivity contribution in [2.45, 2.75) is 31.2 Å². The van der Waals surface area contributed by atoms with Crippen molar-refractivity contribution in [2.75, 3.05) is 13.2 Å². The number of unbranched alkanes of at least 4 members (excludes halogenated alkanes) is 1. The molecule has 0 saturated carbocycles. The Balaban J connectivity index is 1.64. The van der Waals surface area contributed by atoms with Gasteiger partial charge in [-0.3, -0.25) is 4.79 Å². The summed E-state index contributed by atoms with van der Waals surface area (Å²) in [7, 11) is 0. The van der Waals surface area contributed by atoms with Crippen LogP contribution in [0.1, 0.15) is 36.3 Å². The van der Waals surface area contributed by atoms with E-state index in [1.165, 1.54) is 0 Å². The average molecular weight is 370 g/mol. The van der Waals surface area contributed by atoms with E-state index >= 15 is 0 Å². The van der Waals surface area contributed by atoms with Gasteiger partial charge in [0, 0.05) is 5.92 Å². The van der Waals surface area contributed by atoms with Crippen molar-refractivity contribution in [3.8, 4) is 11.1 Å². The van der Waals surface area contributed by atoms with Gasteiger partial charge in [-0.15, -0.1) is 0 Å². The van der Waals surface area contributed by atoms with Crippen molar-refractivity contribution in [1.29, 1.82) is 0 Å². The third-order valence-corrected chi connectivity index (χ3v) is 4.86. The Hall–Kier alpha value is -2.73. The van der Waals surface area contributed by atoms with Gasteiger partial charge in [0.1, 0.15) is 12.6 Å². The van der Waals surface area contributed by atoms with Crippen LogP contribution in [0.3, 0.4) is 0 Å². The summed E-state index contributed by atoms with van der Waals surface area (Å²) in [5, 5.41) is 2.32. The lowest BCUT2D eigenvalue weighted by atomic mass is 9.98. The Kier molecular flexibility index (Phi) is 6.19. The van der Waals surface area contributed by atoms with Crippen LogP contribution in [0, 0.1) is 0 Å². The highest BCUT2D eigenvalue weighted by Crippen LogP contribution is 2.44. The summed E-state index contributed by atoms with van der Waals surface area (Å²) in [6.07, 6.45) is 0.633. The number of halogens is 1. The van der Waals surface area contributed by atoms with Crippen LogP contribution in [0.15, 0.2) is 48.5 Å². The van der Waals surface area contributed by atoms with Crippen LogP contribution in [-0.2, 0) is 9.53 Å². The molecule has 2 aromatic carbocycles. The quantitative estimate of drug-likeness (QED) is 0.550. The average Bonchev–Trinajstić information content (AvgIpc) is 2.99. The number of fused-ring (bicyclic) bond motifs is 3. The zero-order chi connectivity index (χ0) is 19.2. The van der Waals surface area contributed by atoms with Crippen LogP contribution in [0.5, 0.6) is 0 Å². The van der Waals surface area contributed by atoms with Crippen molar-refractivity contribution in [2.24, 2.45) is 5.73 Å². The summed E-state index contributed by atoms with van der Waals surface area (Å²) in [4.78, 5) is 23.2. The molecule has 0 aromatic heterocycles. The molecule has 0 fully saturated rings. The van der Waals surface area contributed by atoms with Crippen LogP contribution in [0.25, 0.3) is 11.1 Å². The van der Waals surface area contributed by atoms with E-state index in [2.05, 4.69) is 5.32 Å². The predicted molar refractivity (Wildman–Crippen MR) is 101 cm³/mol. The molecule has 0 heterocycles. The van der Waals surface area contributed by atoms with Crippen molar-refractivity contribution >= 4 is 12.1 Å². The van der Waals surface area contributed by atoms with Crippen LogP contribution in [-0.4, -0.2) is 31.3 Å². The number of nitrogens with two attached hydrogens (primary N) is 1. The number of alkyl carbamates (subject to hydrolysis) is 1. The number of hydrogen-bond acceptors (Lipinski definition) is 4. The molecule has 0 saturated heterocycles. The van der Waals surface area contributed by atoms with E-state index in [-0.39, 0.29) is 18.9 Å². The lowest BCUT2D eigenvalue weighted by Gasteiger charge is -2.17. The minimum absolute atomic E-state index is 0.0834. The summed E-state index contributed by atoms with van der Waals surface area (Å²) < 4.78 is 18.5. The lowest BCUT2D eigenvalue weighted by molar-refractivity contribution is -0.131. The van der Waals surface area contributed by atoms with E-state index in [1.807, 2.05) is 48.5 Å². The van der Waals surface area contributed by atoms with Crippen molar-refractivity contribution in [3.63, 3.8) is 0 Å². The van der Waals surface area contributed by atoms with Gasteiger partial charge in [-0.25, -0.2) is 4.79 Å². The highest BCUT2D eigenvalue weighted by Gasteiger charge is 2.29. The molecular formula is C21H23FN2O3. The molecule has 0 aliphatic heterocycles. The van der Waals surface area contributed by atoms with E-state index in [4.69, 9.17) is 10.5 Å². The van der Waals surface area contributed by atoms with E-state index in [9.17, 15) is 14.0 Å². The second-order valence-electron chi connectivity index (χ2n) is 6.61. The summed E-state index contributed by atoms with van der Waals surface area (Å²) in [5.41, 5.74) is 9.83. The van der Waals surface area contributed by atoms with Gasteiger partial charge in [0.15, 0.2) is 0 Å². The lowest BCUT2D eigenvalue weighted by Crippen LogP contribution is -2.40. The molecule has 0 unspecified atom stereocenters. The second kappa shape index (κ2) is 8.77. The Bertz CT molecular complexity index is 779. The van der Waals surface area contributed by atoms with Gasteiger partial charge in [0.05, 0.1) is 0 Å². The fourth-order valence-corrected chi connectivity index (χ4v) is 3.52. The van der Waals surface area contributed by atoms with Crippen LogP contribution >= 0.6 is 0 Å². The van der Waals surface area contributed by atoms with E-state index < -0.39 is 18.2 Å². The molecule has 3 N–H and O–H groups in total. The van der Waals surface area contributed by atoms with Crippen LogP contribution in [0.4, 0.5) is 9.18 Å². The van der Waals surface area contributed by atoms with Crippen molar-refractivity contribution in [3.05, 3.63) is 59.7 Å². The number of ether oxygens (including phenoxy) is 1. The number of carbonyl (C=O) groups excluding carboxylic acids is 2. The summed E-state index contributed by atoms with van der Waals surface area (Å²) >= 11 is 0. The fraction of sp³-hybridized carbons (Fsp3) is 0.333. The maximum Gasteiger partial charge on any atom is 0.407 e. The zero-order valence-corrected chi connectivity index (χ0v) is 15.0. The molecular weight excluding hydrogens is 347 g/mol. The summed E-state index contributed by atoms with van der Waals surface area (Å²) in [5.74, 6) is -0.0834. The first-order valence-electron chi connectivity index (χ1n) is 9.12. The summed E-state index contributed by atoms with van der Waals surface area (Å²) in [6.45, 7) is 0.577. The maximum absolute atomic E-state index is 13.1. The highest BCUT2D eigenvalue weighted by atomic mass is 19.1. The van der Waals surface area contributed by atoms with Gasteiger partial charge in [0.2, 0.25) is 0 Å². The molecule has 5 nitrogen and oxygen atoms in total. The number of rotatable bonds is 8. The van der Waals surface area contributed by atoms with Crippen LogP contribution in [0.2, 0.25) is 0 Å². The second-order valence-corrected chi connectivity index (χ2v) is 6.61. The molecule has 0 bridgehead atoms. The molecule has 0 spiro atoms. The normalized spacial score (nSPS) is 13.6. The van der Waals surface area contributed by atoms with E-state index in [0.717, 1.165) is 22.3 Å². The molecule has 3 rings (SSSR count). The Morgan fingerprint density at radius 1 is 1.04 bits per heavy atom. The molecule has 1 aliphatic rings. The molecule has 1 aliphatic carbocycles. The Morgan fingerprint density at radius 2 is 1.63 bits per heavy atom. The molecule has 27 heavy (non-hydrogen) atoms. The SMILES string of the molecule is NCCCC[C@H](NC(=O)OCC1c2ccccc2-c2ccccc21)C(=O)F. The number of amides is 1. The zero-order valence-electron chi connectivity index (χ0n) is 15.0. The van der Waals surface area contributed by atoms with Gasteiger partial charge < -0.3 is 15.8 Å². The topological polar surface area (TPSA) is 81.4 Å². The number of carbonyl (C=O) groups is 2. The van der Waals surface area contributed by atoms with Gasteiger partial charge in [-0.1, -0.05) is 48.5 Å². The Labute approximate surface area is 157 Å². The molecule has 142 valence electrons. The Morgan fingerprint density at radius 3 is 2.19 bits per heavy atom. The standard InChI is InChI=1S/C21H23FN2O3/c22-20(25)19(11-5-6-12-23)24-21(26)27-13-18-16-9-3-1-7-14(16)15-8-2-4-10-17(15)18/h1-4,7-10,18-19H,5-6,11-13,23H2,(H,24,26)/t19-/m0/s1. The van der Waals surface area contributed by atoms with Gasteiger partial charge in [-0.05, 0) is 48.1 Å². The number of hydrogen-bond donors (Lipinski definition) is 2. The first-order chi connectivity index (χ1) is 13.1. The first kappa shape index (κ1) is 19.0. The van der Waals surface area contributed by atoms with E-state index in [0.29, 0.717) is 19.4 Å². The van der Waals surface area contributed by atoms with Gasteiger partial charge in [-0.2, -0.15) is 4.39 Å². The van der Waals surface area contributed by atoms with Gasteiger partial charge >= 0.3 is 12.1 Å². The van der Waals surface area contributed by atoms with Crippen molar-refractivity contribution in [1.82, 2.24) is 5.32 Å². The maximum atomic E-state index is 13.1. The monoisotopic (exact) mass is 370 g/mol. The smallest absolute Gasteiger partial charge is 0.407 e. The third kappa shape index (κ3) is 4.34. The summed E-state index contributed by atoms with van der Waals surface area (Å²) in [6, 6.07) is 13.2. The van der Waals surface area contributed by atoms with Crippen molar-refractivity contribution < 1.29 is 18.7 Å². The molecule has 1 amide bonds.